The van der Waals surface area contributed by atoms with Crippen LogP contribution in [0.3, 0.4) is 0 Å². The summed E-state index contributed by atoms with van der Waals surface area (Å²) in [6.07, 6.45) is 8.27. The molecule has 214 valence electrons. The molecule has 0 spiro atoms. The number of nitrogens with one attached hydrogen (secondary N) is 1. The fraction of sp³-hybridized carbons (Fsp3) is 0.333. The van der Waals surface area contributed by atoms with Crippen LogP contribution in [0, 0.1) is 0 Å². The van der Waals surface area contributed by atoms with Gasteiger partial charge in [0.05, 0.1) is 0 Å². The van der Waals surface area contributed by atoms with Crippen molar-refractivity contribution in [3.63, 3.8) is 0 Å². The van der Waals surface area contributed by atoms with Crippen LogP contribution in [0.1, 0.15) is 52.7 Å². The average molecular weight is 556 g/mol. The van der Waals surface area contributed by atoms with Gasteiger partial charge in [-0.15, -0.1) is 0 Å². The number of carbonyl (C=O) groups excluding carboxylic acids is 3. The molecule has 0 saturated carbocycles. The molecule has 1 fully saturated rings. The van der Waals surface area contributed by atoms with E-state index in [-0.39, 0.29) is 35.6 Å². The van der Waals surface area contributed by atoms with Gasteiger partial charge in [-0.05, 0) is 60.9 Å². The van der Waals surface area contributed by atoms with E-state index in [1.807, 2.05) is 42.5 Å². The zero-order valence-electron chi connectivity index (χ0n) is 23.5. The van der Waals surface area contributed by atoms with Gasteiger partial charge in [0, 0.05) is 32.4 Å². The Balaban J connectivity index is 0.000000191. The van der Waals surface area contributed by atoms with Crippen molar-refractivity contribution >= 4 is 18.3 Å². The zero-order valence-corrected chi connectivity index (χ0v) is 23.5. The monoisotopic (exact) mass is 555 g/mol. The number of amides is 2. The van der Waals surface area contributed by atoms with Crippen molar-refractivity contribution in [3.05, 3.63) is 118 Å². The predicted molar refractivity (Wildman–Crippen MR) is 158 cm³/mol. The third kappa shape index (κ3) is 6.65. The number of fused-ring (bicyclic) bond motifs is 1. The second kappa shape index (κ2) is 13.7. The van der Waals surface area contributed by atoms with Gasteiger partial charge in [0.15, 0.2) is 0 Å². The lowest BCUT2D eigenvalue weighted by molar-refractivity contribution is -0.148. The molecule has 41 heavy (non-hydrogen) atoms. The number of hydrogen-bond donors (Lipinski definition) is 1. The summed E-state index contributed by atoms with van der Waals surface area (Å²) in [5.74, 6) is -0.517. The maximum absolute atomic E-state index is 13.0. The number of esters is 1. The number of pyridine rings is 1. The number of rotatable bonds is 7. The van der Waals surface area contributed by atoms with Gasteiger partial charge in [0.2, 0.25) is 6.41 Å². The lowest BCUT2D eigenvalue weighted by atomic mass is 9.66. The van der Waals surface area contributed by atoms with Crippen molar-refractivity contribution < 1.29 is 19.1 Å². The molecule has 1 aliphatic heterocycles. The van der Waals surface area contributed by atoms with Gasteiger partial charge in [-0.3, -0.25) is 19.2 Å². The summed E-state index contributed by atoms with van der Waals surface area (Å²) in [5, 5.41) is 2.85. The first-order valence-corrected chi connectivity index (χ1v) is 14.0. The predicted octanol–water partition coefficient (Wildman–Crippen LogP) is 3.77. The molecule has 0 bridgehead atoms. The SMILES string of the molecule is C=CCOC(=O)[C@]1(c2ccccc2)CCCc2ccccc21.Cn1cccc(C(=O)NC2CCN(C=O)CC2)c1=O. The second-order valence-electron chi connectivity index (χ2n) is 10.4. The van der Waals surface area contributed by atoms with Crippen LogP contribution < -0.4 is 10.9 Å². The van der Waals surface area contributed by atoms with Crippen LogP contribution in [-0.2, 0) is 33.2 Å². The number of hydrogen-bond acceptors (Lipinski definition) is 5. The molecule has 8 heteroatoms. The van der Waals surface area contributed by atoms with Crippen LogP contribution in [0.15, 0.2) is 90.4 Å². The average Bonchev–Trinajstić information content (AvgIpc) is 3.02. The van der Waals surface area contributed by atoms with Crippen LogP contribution in [0.25, 0.3) is 0 Å². The van der Waals surface area contributed by atoms with Gasteiger partial charge >= 0.3 is 5.97 Å². The Bertz CT molecular complexity index is 1430. The summed E-state index contributed by atoms with van der Waals surface area (Å²) < 4.78 is 6.87. The molecule has 8 nitrogen and oxygen atoms in total. The Kier molecular flexibility index (Phi) is 9.90. The first-order chi connectivity index (χ1) is 19.9. The van der Waals surface area contributed by atoms with Crippen LogP contribution in [0.4, 0.5) is 0 Å². The van der Waals surface area contributed by atoms with E-state index in [9.17, 15) is 19.2 Å². The van der Waals surface area contributed by atoms with E-state index in [1.54, 1.807) is 30.3 Å². The van der Waals surface area contributed by atoms with E-state index in [0.29, 0.717) is 13.1 Å². The van der Waals surface area contributed by atoms with Crippen LogP contribution in [0.2, 0.25) is 0 Å². The number of aryl methyl sites for hydroxylation is 2. The highest BCUT2D eigenvalue weighted by Crippen LogP contribution is 2.43. The Hall–Kier alpha value is -4.46. The molecule has 3 aromatic rings. The highest BCUT2D eigenvalue weighted by Gasteiger charge is 2.46. The van der Waals surface area contributed by atoms with Crippen molar-refractivity contribution in [2.75, 3.05) is 19.7 Å². The minimum Gasteiger partial charge on any atom is -0.461 e. The van der Waals surface area contributed by atoms with E-state index >= 15 is 0 Å². The summed E-state index contributed by atoms with van der Waals surface area (Å²) in [5.41, 5.74) is 2.50. The van der Waals surface area contributed by atoms with Gasteiger partial charge in [-0.2, -0.15) is 0 Å². The Morgan fingerprint density at radius 1 is 1.05 bits per heavy atom. The third-order valence-electron chi connectivity index (χ3n) is 7.80. The van der Waals surface area contributed by atoms with Crippen molar-refractivity contribution in [1.82, 2.24) is 14.8 Å². The van der Waals surface area contributed by atoms with Crippen molar-refractivity contribution in [3.8, 4) is 0 Å². The van der Waals surface area contributed by atoms with Crippen LogP contribution in [0.5, 0.6) is 0 Å². The molecule has 2 heterocycles. The van der Waals surface area contributed by atoms with Crippen molar-refractivity contribution in [2.24, 2.45) is 7.05 Å². The minimum atomic E-state index is -0.695. The smallest absolute Gasteiger partial charge is 0.321 e. The van der Waals surface area contributed by atoms with Gasteiger partial charge < -0.3 is 19.5 Å². The second-order valence-corrected chi connectivity index (χ2v) is 10.4. The fourth-order valence-corrected chi connectivity index (χ4v) is 5.63. The molecule has 1 aromatic heterocycles. The maximum atomic E-state index is 13.0. The molecule has 1 atom stereocenters. The Morgan fingerprint density at radius 2 is 1.76 bits per heavy atom. The van der Waals surface area contributed by atoms with E-state index < -0.39 is 5.41 Å². The summed E-state index contributed by atoms with van der Waals surface area (Å²) >= 11 is 0. The molecule has 5 rings (SSSR count). The lowest BCUT2D eigenvalue weighted by Crippen LogP contribution is -2.45. The molecular formula is C33H37N3O5. The summed E-state index contributed by atoms with van der Waals surface area (Å²) in [6, 6.07) is 21.4. The standard InChI is InChI=1S/C20H20O2.C13H17N3O3/c1-2-15-22-19(21)20(17-11-4-3-5-12-17)14-8-10-16-9-6-7-13-18(16)20;1-15-6-2-3-11(13(15)19)12(18)14-10-4-7-16(9-17)8-5-10/h2-7,9,11-13H,1,8,10,14-15H2;2-3,6,9-10H,4-5,7-8H2,1H3,(H,14,18)/t20-;/m0./s1. The number of likely N-dealkylation sites (tertiary alicyclic amines) is 1. The number of nitrogens with zero attached hydrogens (tertiary/aromatic N) is 2. The van der Waals surface area contributed by atoms with E-state index in [0.717, 1.165) is 49.6 Å². The fourth-order valence-electron chi connectivity index (χ4n) is 5.63. The summed E-state index contributed by atoms with van der Waals surface area (Å²) in [6.45, 7) is 5.17. The van der Waals surface area contributed by atoms with Gasteiger partial charge in [-0.25, -0.2) is 0 Å². The van der Waals surface area contributed by atoms with Crippen molar-refractivity contribution in [2.45, 2.75) is 43.6 Å². The van der Waals surface area contributed by atoms with Gasteiger partial charge in [-0.1, -0.05) is 67.3 Å². The van der Waals surface area contributed by atoms with E-state index in [4.69, 9.17) is 4.74 Å². The first-order valence-electron chi connectivity index (χ1n) is 14.0. The van der Waals surface area contributed by atoms with E-state index in [2.05, 4.69) is 24.0 Å². The number of benzene rings is 2. The highest BCUT2D eigenvalue weighted by molar-refractivity contribution is 5.94. The van der Waals surface area contributed by atoms with E-state index in [1.165, 1.54) is 16.2 Å². The molecule has 0 radical (unpaired) electrons. The molecular weight excluding hydrogens is 518 g/mol. The van der Waals surface area contributed by atoms with Crippen molar-refractivity contribution in [1.29, 1.82) is 0 Å². The molecule has 0 unspecified atom stereocenters. The maximum Gasteiger partial charge on any atom is 0.321 e. The van der Waals surface area contributed by atoms with Crippen LogP contribution >= 0.6 is 0 Å². The zero-order chi connectivity index (χ0) is 29.2. The summed E-state index contributed by atoms with van der Waals surface area (Å²) in [7, 11) is 1.61. The first kappa shape index (κ1) is 29.5. The Morgan fingerprint density at radius 3 is 2.46 bits per heavy atom. The number of ether oxygens (including phenoxy) is 1. The van der Waals surface area contributed by atoms with Crippen LogP contribution in [-0.4, -0.2) is 53.5 Å². The van der Waals surface area contributed by atoms with Gasteiger partial charge in [0.25, 0.3) is 11.5 Å². The molecule has 1 saturated heterocycles. The van der Waals surface area contributed by atoms with Gasteiger partial charge in [0.1, 0.15) is 17.6 Å². The Labute approximate surface area is 240 Å². The molecule has 2 amide bonds. The topological polar surface area (TPSA) is 97.7 Å². The third-order valence-corrected chi connectivity index (χ3v) is 7.80. The number of piperidine rings is 1. The quantitative estimate of drug-likeness (QED) is 0.272. The lowest BCUT2D eigenvalue weighted by Gasteiger charge is -2.37. The largest absolute Gasteiger partial charge is 0.461 e. The molecule has 1 aliphatic carbocycles. The number of aromatic nitrogens is 1. The highest BCUT2D eigenvalue weighted by atomic mass is 16.5. The molecule has 1 N–H and O–H groups in total. The normalized spacial score (nSPS) is 18.2. The number of carbonyl (C=O) groups is 3. The molecule has 2 aromatic carbocycles. The molecule has 2 aliphatic rings. The minimum absolute atomic E-state index is 0.0219. The summed E-state index contributed by atoms with van der Waals surface area (Å²) in [4.78, 5) is 49.1.